The Morgan fingerprint density at radius 1 is 1.41 bits per heavy atom. The smallest absolute Gasteiger partial charge is 0.251 e. The minimum absolute atomic E-state index is 0.0433. The van der Waals surface area contributed by atoms with Gasteiger partial charge < -0.3 is 5.32 Å². The SMILES string of the molecule is CSC1(CNC(=O)c2ccc(I)cc2)CCC1. The van der Waals surface area contributed by atoms with Crippen LogP contribution in [-0.2, 0) is 0 Å². The zero-order chi connectivity index (χ0) is 12.3. The Morgan fingerprint density at radius 2 is 2.06 bits per heavy atom. The monoisotopic (exact) mass is 361 g/mol. The Kier molecular flexibility index (Phi) is 4.36. The first-order chi connectivity index (χ1) is 8.15. The molecule has 17 heavy (non-hydrogen) atoms. The summed E-state index contributed by atoms with van der Waals surface area (Å²) in [6, 6.07) is 7.68. The number of hydrogen-bond donors (Lipinski definition) is 1. The Morgan fingerprint density at radius 3 is 2.53 bits per heavy atom. The lowest BCUT2D eigenvalue weighted by Crippen LogP contribution is -2.45. The fraction of sp³-hybridized carbons (Fsp3) is 0.462. The number of carbonyl (C=O) groups excluding carboxylic acids is 1. The van der Waals surface area contributed by atoms with Gasteiger partial charge in [-0.05, 0) is 66.0 Å². The second-order valence-electron chi connectivity index (χ2n) is 4.43. The van der Waals surface area contributed by atoms with Gasteiger partial charge in [0.2, 0.25) is 0 Å². The van der Waals surface area contributed by atoms with Crippen LogP contribution in [0.2, 0.25) is 0 Å². The van der Waals surface area contributed by atoms with Crippen LogP contribution in [0.5, 0.6) is 0 Å². The van der Waals surface area contributed by atoms with Gasteiger partial charge in [-0.15, -0.1) is 0 Å². The molecule has 0 radical (unpaired) electrons. The van der Waals surface area contributed by atoms with Crippen molar-refractivity contribution in [1.82, 2.24) is 5.32 Å². The van der Waals surface area contributed by atoms with E-state index in [1.165, 1.54) is 19.3 Å². The zero-order valence-electron chi connectivity index (χ0n) is 9.83. The van der Waals surface area contributed by atoms with Crippen molar-refractivity contribution < 1.29 is 4.79 Å². The first kappa shape index (κ1) is 13.2. The predicted molar refractivity (Wildman–Crippen MR) is 81.6 cm³/mol. The van der Waals surface area contributed by atoms with Gasteiger partial charge in [-0.1, -0.05) is 6.42 Å². The zero-order valence-corrected chi connectivity index (χ0v) is 12.8. The largest absolute Gasteiger partial charge is 0.351 e. The van der Waals surface area contributed by atoms with Crippen molar-refractivity contribution in [3.8, 4) is 0 Å². The summed E-state index contributed by atoms with van der Waals surface area (Å²) in [5.74, 6) is 0.0433. The quantitative estimate of drug-likeness (QED) is 0.834. The number of benzene rings is 1. The summed E-state index contributed by atoms with van der Waals surface area (Å²) >= 11 is 4.12. The minimum Gasteiger partial charge on any atom is -0.351 e. The summed E-state index contributed by atoms with van der Waals surface area (Å²) in [7, 11) is 0. The van der Waals surface area contributed by atoms with Crippen LogP contribution in [0.15, 0.2) is 24.3 Å². The van der Waals surface area contributed by atoms with Gasteiger partial charge in [0.05, 0.1) is 0 Å². The fourth-order valence-electron chi connectivity index (χ4n) is 1.97. The van der Waals surface area contributed by atoms with Gasteiger partial charge >= 0.3 is 0 Å². The number of rotatable bonds is 4. The van der Waals surface area contributed by atoms with Crippen molar-refractivity contribution >= 4 is 40.3 Å². The standard InChI is InChI=1S/C13H16INOS/c1-17-13(7-2-8-13)9-15-12(16)10-3-5-11(14)6-4-10/h3-6H,2,7-9H2,1H3,(H,15,16). The highest BCUT2D eigenvalue weighted by Crippen LogP contribution is 2.42. The molecule has 1 N–H and O–H groups in total. The average molecular weight is 361 g/mol. The third-order valence-electron chi connectivity index (χ3n) is 3.38. The molecule has 0 unspecified atom stereocenters. The second kappa shape index (κ2) is 5.61. The molecule has 92 valence electrons. The molecule has 0 heterocycles. The van der Waals surface area contributed by atoms with E-state index in [4.69, 9.17) is 0 Å². The molecule has 2 rings (SSSR count). The molecule has 1 aliphatic carbocycles. The lowest BCUT2D eigenvalue weighted by molar-refractivity contribution is 0.0944. The molecule has 0 aromatic heterocycles. The summed E-state index contributed by atoms with van der Waals surface area (Å²) in [5.41, 5.74) is 0.751. The molecule has 0 spiro atoms. The normalized spacial score (nSPS) is 17.3. The number of halogens is 1. The Balaban J connectivity index is 1.91. The van der Waals surface area contributed by atoms with E-state index < -0.39 is 0 Å². The first-order valence-electron chi connectivity index (χ1n) is 5.74. The highest BCUT2D eigenvalue weighted by Gasteiger charge is 2.36. The van der Waals surface area contributed by atoms with Crippen molar-refractivity contribution in [2.45, 2.75) is 24.0 Å². The van der Waals surface area contributed by atoms with E-state index >= 15 is 0 Å². The van der Waals surface area contributed by atoms with E-state index in [-0.39, 0.29) is 5.91 Å². The number of thioether (sulfide) groups is 1. The maximum Gasteiger partial charge on any atom is 0.251 e. The maximum absolute atomic E-state index is 11.9. The van der Waals surface area contributed by atoms with E-state index in [1.54, 1.807) is 0 Å². The summed E-state index contributed by atoms with van der Waals surface area (Å²) in [5, 5.41) is 3.05. The molecule has 0 bridgehead atoms. The highest BCUT2D eigenvalue weighted by atomic mass is 127. The fourth-order valence-corrected chi connectivity index (χ4v) is 3.24. The molecule has 1 amide bonds. The Hall–Kier alpha value is -0.230. The van der Waals surface area contributed by atoms with E-state index in [2.05, 4.69) is 34.2 Å². The number of hydrogen-bond acceptors (Lipinski definition) is 2. The summed E-state index contributed by atoms with van der Waals surface area (Å²) in [6.45, 7) is 0.791. The maximum atomic E-state index is 11.9. The third-order valence-corrected chi connectivity index (χ3v) is 5.51. The molecular formula is C13H16INOS. The average Bonchev–Trinajstić information content (AvgIpc) is 2.29. The molecule has 1 fully saturated rings. The number of nitrogens with one attached hydrogen (secondary N) is 1. The molecule has 0 saturated heterocycles. The van der Waals surface area contributed by atoms with Crippen LogP contribution in [0.4, 0.5) is 0 Å². The van der Waals surface area contributed by atoms with Crippen LogP contribution in [0.25, 0.3) is 0 Å². The Labute approximate surface area is 120 Å². The molecule has 0 atom stereocenters. The van der Waals surface area contributed by atoms with Gasteiger partial charge in [0.25, 0.3) is 5.91 Å². The van der Waals surface area contributed by atoms with Crippen molar-refractivity contribution in [3.05, 3.63) is 33.4 Å². The van der Waals surface area contributed by atoms with Crippen molar-refractivity contribution in [1.29, 1.82) is 0 Å². The highest BCUT2D eigenvalue weighted by molar-refractivity contribution is 14.1. The summed E-state index contributed by atoms with van der Waals surface area (Å²) in [6.07, 6.45) is 5.87. The van der Waals surface area contributed by atoms with Gasteiger partial charge in [0, 0.05) is 20.4 Å². The van der Waals surface area contributed by atoms with Crippen molar-refractivity contribution in [3.63, 3.8) is 0 Å². The topological polar surface area (TPSA) is 29.1 Å². The van der Waals surface area contributed by atoms with Gasteiger partial charge in [-0.25, -0.2) is 0 Å². The van der Waals surface area contributed by atoms with Gasteiger partial charge in [0.1, 0.15) is 0 Å². The number of amides is 1. The van der Waals surface area contributed by atoms with Crippen LogP contribution in [0, 0.1) is 3.57 Å². The lowest BCUT2D eigenvalue weighted by Gasteiger charge is -2.40. The van der Waals surface area contributed by atoms with Crippen LogP contribution in [-0.4, -0.2) is 23.5 Å². The van der Waals surface area contributed by atoms with Gasteiger partial charge in [-0.2, -0.15) is 11.8 Å². The van der Waals surface area contributed by atoms with Crippen LogP contribution in [0.3, 0.4) is 0 Å². The van der Waals surface area contributed by atoms with Crippen molar-refractivity contribution in [2.24, 2.45) is 0 Å². The van der Waals surface area contributed by atoms with Crippen LogP contribution >= 0.6 is 34.4 Å². The van der Waals surface area contributed by atoms with Crippen LogP contribution in [0.1, 0.15) is 29.6 Å². The van der Waals surface area contributed by atoms with E-state index in [0.29, 0.717) is 4.75 Å². The molecule has 1 aliphatic rings. The molecule has 1 saturated carbocycles. The Bertz CT molecular complexity index is 395. The van der Waals surface area contributed by atoms with Crippen molar-refractivity contribution in [2.75, 3.05) is 12.8 Å². The number of carbonyl (C=O) groups is 1. The molecule has 1 aromatic carbocycles. The first-order valence-corrected chi connectivity index (χ1v) is 8.04. The summed E-state index contributed by atoms with van der Waals surface area (Å²) < 4.78 is 1.46. The van der Waals surface area contributed by atoms with Gasteiger partial charge in [0.15, 0.2) is 0 Å². The van der Waals surface area contributed by atoms with E-state index in [0.717, 1.165) is 15.7 Å². The van der Waals surface area contributed by atoms with E-state index in [1.807, 2.05) is 36.0 Å². The van der Waals surface area contributed by atoms with Crippen LogP contribution < -0.4 is 5.32 Å². The third kappa shape index (κ3) is 3.16. The summed E-state index contributed by atoms with van der Waals surface area (Å²) in [4.78, 5) is 11.9. The molecule has 1 aromatic rings. The van der Waals surface area contributed by atoms with E-state index in [9.17, 15) is 4.79 Å². The van der Waals surface area contributed by atoms with Gasteiger partial charge in [-0.3, -0.25) is 4.79 Å². The molecule has 2 nitrogen and oxygen atoms in total. The molecule has 0 aliphatic heterocycles. The molecule has 4 heteroatoms. The predicted octanol–water partition coefficient (Wildman–Crippen LogP) is 3.31. The lowest BCUT2D eigenvalue weighted by atomic mass is 9.84. The minimum atomic E-state index is 0.0433. The molecular weight excluding hydrogens is 345 g/mol. The second-order valence-corrected chi connectivity index (χ2v) is 6.95.